The minimum absolute atomic E-state index is 0.0454. The zero-order valence-electron chi connectivity index (χ0n) is 14.0. The minimum Gasteiger partial charge on any atom is -0.480 e. The maximum absolute atomic E-state index is 12.3. The van der Waals surface area contributed by atoms with E-state index in [1.807, 2.05) is 17.5 Å². The first kappa shape index (κ1) is 17.6. The summed E-state index contributed by atoms with van der Waals surface area (Å²) < 4.78 is 10.7. The van der Waals surface area contributed by atoms with Gasteiger partial charge >= 0.3 is 0 Å². The van der Waals surface area contributed by atoms with Crippen LogP contribution >= 0.6 is 11.3 Å². The number of rotatable bonds is 6. The number of hydrogen-bond donors (Lipinski definition) is 1. The van der Waals surface area contributed by atoms with Gasteiger partial charge < -0.3 is 14.6 Å². The molecule has 9 heteroatoms. The largest absolute Gasteiger partial charge is 0.480 e. The molecule has 2 heterocycles. The number of nitrogens with zero attached hydrogens (tertiary/aromatic N) is 2. The highest BCUT2D eigenvalue weighted by Crippen LogP contribution is 2.36. The van der Waals surface area contributed by atoms with Gasteiger partial charge in [-0.3, -0.25) is 14.9 Å². The highest BCUT2D eigenvalue weighted by Gasteiger charge is 2.20. The number of aryl methyl sites for hydroxylation is 1. The van der Waals surface area contributed by atoms with Crippen LogP contribution in [-0.2, 0) is 4.79 Å². The lowest BCUT2D eigenvalue weighted by atomic mass is 10.1. The summed E-state index contributed by atoms with van der Waals surface area (Å²) in [5.41, 5.74) is 0.516. The van der Waals surface area contributed by atoms with Crippen molar-refractivity contribution in [1.29, 1.82) is 0 Å². The quantitative estimate of drug-likeness (QED) is 0.516. The Labute approximate surface area is 152 Å². The number of anilines is 1. The lowest BCUT2D eigenvalue weighted by Gasteiger charge is -2.16. The van der Waals surface area contributed by atoms with Gasteiger partial charge in [-0.25, -0.2) is 0 Å². The topological polar surface area (TPSA) is 108 Å². The Bertz CT molecular complexity index is 936. The number of nitro benzene ring substituents is 1. The smallest absolute Gasteiger partial charge is 0.270 e. The second-order valence-electron chi connectivity index (χ2n) is 5.49. The lowest BCUT2D eigenvalue weighted by molar-refractivity contribution is -0.384. The van der Waals surface area contributed by atoms with Crippen molar-refractivity contribution in [2.75, 3.05) is 5.32 Å². The Morgan fingerprint density at radius 3 is 2.81 bits per heavy atom. The SMILES string of the molecule is Cc1cc(NC(=O)C(C)Oc2ccc([N+](=O)[O-])cc2-c2cccs2)no1. The summed E-state index contributed by atoms with van der Waals surface area (Å²) in [5, 5.41) is 19.2. The van der Waals surface area contributed by atoms with Gasteiger partial charge in [-0.15, -0.1) is 11.3 Å². The molecule has 134 valence electrons. The molecule has 0 aliphatic carbocycles. The van der Waals surface area contributed by atoms with E-state index in [-0.39, 0.29) is 5.69 Å². The van der Waals surface area contributed by atoms with Gasteiger partial charge in [0.15, 0.2) is 11.9 Å². The maximum atomic E-state index is 12.3. The predicted octanol–water partition coefficient (Wildman–Crippen LogP) is 4.03. The maximum Gasteiger partial charge on any atom is 0.270 e. The molecule has 3 aromatic rings. The van der Waals surface area contributed by atoms with Gasteiger partial charge in [-0.2, -0.15) is 0 Å². The van der Waals surface area contributed by atoms with E-state index in [0.29, 0.717) is 22.9 Å². The first-order valence-electron chi connectivity index (χ1n) is 7.67. The van der Waals surface area contributed by atoms with E-state index in [9.17, 15) is 14.9 Å². The Hall–Kier alpha value is -3.20. The molecule has 0 saturated heterocycles. The van der Waals surface area contributed by atoms with Crippen LogP contribution in [0.5, 0.6) is 5.75 Å². The molecule has 3 rings (SSSR count). The highest BCUT2D eigenvalue weighted by atomic mass is 32.1. The lowest BCUT2D eigenvalue weighted by Crippen LogP contribution is -2.30. The molecule has 0 fully saturated rings. The van der Waals surface area contributed by atoms with Gasteiger partial charge in [-0.05, 0) is 31.4 Å². The number of thiophene rings is 1. The first-order chi connectivity index (χ1) is 12.4. The van der Waals surface area contributed by atoms with E-state index in [4.69, 9.17) is 9.26 Å². The zero-order valence-corrected chi connectivity index (χ0v) is 14.8. The third-order valence-corrected chi connectivity index (χ3v) is 4.42. The third kappa shape index (κ3) is 3.89. The summed E-state index contributed by atoms with van der Waals surface area (Å²) in [5.74, 6) is 0.847. The molecule has 0 aliphatic rings. The van der Waals surface area contributed by atoms with Gasteiger partial charge in [0, 0.05) is 28.6 Å². The zero-order chi connectivity index (χ0) is 18.7. The number of aromatic nitrogens is 1. The molecule has 1 amide bonds. The number of carbonyl (C=O) groups is 1. The fourth-order valence-corrected chi connectivity index (χ4v) is 3.00. The second-order valence-corrected chi connectivity index (χ2v) is 6.43. The van der Waals surface area contributed by atoms with Crippen molar-refractivity contribution in [3.05, 3.63) is 57.7 Å². The van der Waals surface area contributed by atoms with Crippen LogP contribution in [0.2, 0.25) is 0 Å². The molecule has 2 aromatic heterocycles. The molecule has 0 bridgehead atoms. The van der Waals surface area contributed by atoms with Crippen LogP contribution in [0.1, 0.15) is 12.7 Å². The molecule has 0 aliphatic heterocycles. The average molecular weight is 373 g/mol. The van der Waals surface area contributed by atoms with Crippen molar-refractivity contribution in [3.63, 3.8) is 0 Å². The molecule has 1 N–H and O–H groups in total. The van der Waals surface area contributed by atoms with Crippen molar-refractivity contribution in [2.45, 2.75) is 20.0 Å². The summed E-state index contributed by atoms with van der Waals surface area (Å²) in [6.07, 6.45) is -0.841. The van der Waals surface area contributed by atoms with Crippen LogP contribution in [-0.4, -0.2) is 22.1 Å². The summed E-state index contributed by atoms with van der Waals surface area (Å²) in [7, 11) is 0. The van der Waals surface area contributed by atoms with E-state index in [1.165, 1.54) is 29.5 Å². The Kier molecular flexibility index (Phi) is 4.99. The van der Waals surface area contributed by atoms with Crippen LogP contribution in [0, 0.1) is 17.0 Å². The highest BCUT2D eigenvalue weighted by molar-refractivity contribution is 7.13. The predicted molar refractivity (Wildman–Crippen MR) is 96.4 cm³/mol. The van der Waals surface area contributed by atoms with Gasteiger partial charge in [0.25, 0.3) is 11.6 Å². The van der Waals surface area contributed by atoms with E-state index in [2.05, 4.69) is 10.5 Å². The van der Waals surface area contributed by atoms with Crippen LogP contribution in [0.25, 0.3) is 10.4 Å². The summed E-state index contributed by atoms with van der Waals surface area (Å²) in [6, 6.07) is 9.54. The molecular formula is C17H15N3O5S. The Morgan fingerprint density at radius 2 is 2.19 bits per heavy atom. The molecular weight excluding hydrogens is 358 g/mol. The molecule has 0 radical (unpaired) electrons. The van der Waals surface area contributed by atoms with Crippen LogP contribution in [0.4, 0.5) is 11.5 Å². The number of amides is 1. The molecule has 0 spiro atoms. The average Bonchev–Trinajstić information content (AvgIpc) is 3.26. The number of non-ortho nitro benzene ring substituents is 1. The third-order valence-electron chi connectivity index (χ3n) is 3.51. The van der Waals surface area contributed by atoms with E-state index >= 15 is 0 Å². The number of nitro groups is 1. The number of nitrogens with one attached hydrogen (secondary N) is 1. The summed E-state index contributed by atoms with van der Waals surface area (Å²) in [6.45, 7) is 3.30. The molecule has 26 heavy (non-hydrogen) atoms. The van der Waals surface area contributed by atoms with Crippen LogP contribution < -0.4 is 10.1 Å². The van der Waals surface area contributed by atoms with Gasteiger partial charge in [0.05, 0.1) is 4.92 Å². The van der Waals surface area contributed by atoms with Crippen LogP contribution in [0.3, 0.4) is 0 Å². The number of benzene rings is 1. The summed E-state index contributed by atoms with van der Waals surface area (Å²) >= 11 is 1.43. The van der Waals surface area contributed by atoms with Crippen molar-refractivity contribution in [3.8, 4) is 16.2 Å². The molecule has 0 saturated carbocycles. The van der Waals surface area contributed by atoms with Gasteiger partial charge in [0.1, 0.15) is 11.5 Å². The normalized spacial score (nSPS) is 11.8. The minimum atomic E-state index is -0.841. The Morgan fingerprint density at radius 1 is 1.38 bits per heavy atom. The van der Waals surface area contributed by atoms with E-state index in [0.717, 1.165) is 4.88 Å². The standard InChI is InChI=1S/C17H15N3O5S/c1-10-8-16(19-25-10)18-17(21)11(2)24-14-6-5-12(20(22)23)9-13(14)15-4-3-7-26-15/h3-9,11H,1-2H3,(H,18,19,21). The van der Waals surface area contributed by atoms with Crippen molar-refractivity contribution < 1.29 is 19.0 Å². The fraction of sp³-hybridized carbons (Fsp3) is 0.176. The Balaban J connectivity index is 1.82. The second kappa shape index (κ2) is 7.36. The monoisotopic (exact) mass is 373 g/mol. The van der Waals surface area contributed by atoms with E-state index < -0.39 is 16.9 Å². The van der Waals surface area contributed by atoms with Crippen molar-refractivity contribution in [2.24, 2.45) is 0 Å². The molecule has 1 aromatic carbocycles. The molecule has 8 nitrogen and oxygen atoms in total. The number of carbonyl (C=O) groups excluding carboxylic acids is 1. The van der Waals surface area contributed by atoms with Crippen molar-refractivity contribution >= 4 is 28.7 Å². The first-order valence-corrected chi connectivity index (χ1v) is 8.55. The number of hydrogen-bond acceptors (Lipinski definition) is 7. The fourth-order valence-electron chi connectivity index (χ4n) is 2.26. The van der Waals surface area contributed by atoms with Gasteiger partial charge in [0.2, 0.25) is 0 Å². The number of ether oxygens (including phenoxy) is 1. The van der Waals surface area contributed by atoms with Gasteiger partial charge in [-0.1, -0.05) is 11.2 Å². The summed E-state index contributed by atoms with van der Waals surface area (Å²) in [4.78, 5) is 23.7. The molecule has 1 atom stereocenters. The van der Waals surface area contributed by atoms with Crippen LogP contribution in [0.15, 0.2) is 46.3 Å². The van der Waals surface area contributed by atoms with Crippen molar-refractivity contribution in [1.82, 2.24) is 5.16 Å². The van der Waals surface area contributed by atoms with E-state index in [1.54, 1.807) is 19.9 Å². The molecule has 1 unspecified atom stereocenters.